The third-order valence-corrected chi connectivity index (χ3v) is 4.25. The maximum absolute atomic E-state index is 5.73. The largest absolute Gasteiger partial charge is 0.481 e. The van der Waals surface area contributed by atoms with E-state index in [1.165, 1.54) is 12.8 Å². The average molecular weight is 316 g/mol. The minimum absolute atomic E-state index is 0.512. The fourth-order valence-electron chi connectivity index (χ4n) is 2.72. The molecule has 0 unspecified atom stereocenters. The van der Waals surface area contributed by atoms with Crippen molar-refractivity contribution in [1.82, 2.24) is 25.1 Å². The van der Waals surface area contributed by atoms with E-state index in [0.717, 1.165) is 43.9 Å². The first-order valence-electron chi connectivity index (χ1n) is 7.98. The molecule has 4 rings (SSSR count). The van der Waals surface area contributed by atoms with Crippen LogP contribution in [-0.2, 0) is 6.54 Å². The molecule has 2 aliphatic rings. The second-order valence-electron chi connectivity index (χ2n) is 5.97. The summed E-state index contributed by atoms with van der Waals surface area (Å²) < 4.78 is 10.9. The maximum Gasteiger partial charge on any atom is 0.230 e. The van der Waals surface area contributed by atoms with Crippen LogP contribution in [0.1, 0.15) is 30.5 Å². The van der Waals surface area contributed by atoms with Gasteiger partial charge in [-0.1, -0.05) is 0 Å². The molecule has 0 spiro atoms. The standard InChI is InChI=1S/C15H20N6O2/c1-22-12-4-5-16-15(17-12)21-8-6-20(7-9-21)10-13-18-19-14(23-13)11-2-3-11/h4-5,11H,2-3,6-10H2,1H3. The molecule has 1 saturated heterocycles. The van der Waals surface area contributed by atoms with Crippen molar-refractivity contribution in [2.75, 3.05) is 38.2 Å². The normalized spacial score (nSPS) is 19.1. The molecule has 1 saturated carbocycles. The van der Waals surface area contributed by atoms with Crippen molar-refractivity contribution in [1.29, 1.82) is 0 Å². The minimum Gasteiger partial charge on any atom is -0.481 e. The van der Waals surface area contributed by atoms with E-state index < -0.39 is 0 Å². The van der Waals surface area contributed by atoms with Crippen LogP contribution >= 0.6 is 0 Å². The Bertz CT molecular complexity index is 663. The number of piperazine rings is 1. The molecule has 0 atom stereocenters. The Balaban J connectivity index is 1.32. The minimum atomic E-state index is 0.512. The summed E-state index contributed by atoms with van der Waals surface area (Å²) in [5.41, 5.74) is 0. The van der Waals surface area contributed by atoms with Crippen LogP contribution in [0.5, 0.6) is 5.88 Å². The molecule has 8 nitrogen and oxygen atoms in total. The van der Waals surface area contributed by atoms with E-state index >= 15 is 0 Å². The van der Waals surface area contributed by atoms with Crippen molar-refractivity contribution >= 4 is 5.95 Å². The molecule has 2 aromatic heterocycles. The molecular formula is C15H20N6O2. The zero-order valence-corrected chi connectivity index (χ0v) is 13.2. The van der Waals surface area contributed by atoms with Crippen molar-refractivity contribution in [2.24, 2.45) is 0 Å². The zero-order chi connectivity index (χ0) is 15.6. The highest BCUT2D eigenvalue weighted by Gasteiger charge is 2.29. The van der Waals surface area contributed by atoms with Gasteiger partial charge in [0.2, 0.25) is 23.6 Å². The van der Waals surface area contributed by atoms with Gasteiger partial charge in [-0.25, -0.2) is 4.98 Å². The Kier molecular flexibility index (Phi) is 3.82. The summed E-state index contributed by atoms with van der Waals surface area (Å²) in [6.45, 7) is 4.30. The lowest BCUT2D eigenvalue weighted by atomic mass is 10.3. The fourth-order valence-corrected chi connectivity index (χ4v) is 2.72. The summed E-state index contributed by atoms with van der Waals surface area (Å²) in [6.07, 6.45) is 4.09. The second kappa shape index (κ2) is 6.11. The molecule has 2 fully saturated rings. The van der Waals surface area contributed by atoms with Crippen molar-refractivity contribution in [3.05, 3.63) is 24.0 Å². The molecule has 122 valence electrons. The van der Waals surface area contributed by atoms with Crippen LogP contribution < -0.4 is 9.64 Å². The molecule has 0 bridgehead atoms. The number of methoxy groups -OCH3 is 1. The molecule has 0 aromatic carbocycles. The molecule has 0 radical (unpaired) electrons. The first kappa shape index (κ1) is 14.4. The highest BCUT2D eigenvalue weighted by Crippen LogP contribution is 2.39. The lowest BCUT2D eigenvalue weighted by molar-refractivity contribution is 0.223. The molecule has 1 aliphatic heterocycles. The molecule has 2 aromatic rings. The number of aromatic nitrogens is 4. The summed E-state index contributed by atoms with van der Waals surface area (Å²) in [5.74, 6) is 3.36. The van der Waals surface area contributed by atoms with Gasteiger partial charge in [-0.05, 0) is 12.8 Å². The van der Waals surface area contributed by atoms with Crippen molar-refractivity contribution in [3.8, 4) is 5.88 Å². The van der Waals surface area contributed by atoms with Crippen LogP contribution in [0.15, 0.2) is 16.7 Å². The van der Waals surface area contributed by atoms with Crippen LogP contribution in [0.3, 0.4) is 0 Å². The van der Waals surface area contributed by atoms with Crippen LogP contribution in [-0.4, -0.2) is 58.4 Å². The van der Waals surface area contributed by atoms with Gasteiger partial charge < -0.3 is 14.1 Å². The van der Waals surface area contributed by atoms with Gasteiger partial charge in [0, 0.05) is 44.4 Å². The van der Waals surface area contributed by atoms with E-state index in [9.17, 15) is 0 Å². The highest BCUT2D eigenvalue weighted by atomic mass is 16.5. The number of nitrogens with zero attached hydrogens (tertiary/aromatic N) is 6. The van der Waals surface area contributed by atoms with Crippen molar-refractivity contribution in [3.63, 3.8) is 0 Å². The van der Waals surface area contributed by atoms with Crippen LogP contribution in [0, 0.1) is 0 Å². The molecule has 1 aliphatic carbocycles. The predicted molar refractivity (Wildman–Crippen MR) is 82.3 cm³/mol. The van der Waals surface area contributed by atoms with Crippen molar-refractivity contribution in [2.45, 2.75) is 25.3 Å². The van der Waals surface area contributed by atoms with E-state index in [1.54, 1.807) is 19.4 Å². The molecular weight excluding hydrogens is 296 g/mol. The topological polar surface area (TPSA) is 80.4 Å². The lowest BCUT2D eigenvalue weighted by Crippen LogP contribution is -2.46. The first-order chi connectivity index (χ1) is 11.3. The zero-order valence-electron chi connectivity index (χ0n) is 13.2. The SMILES string of the molecule is COc1ccnc(N2CCN(Cc3nnc(C4CC4)o3)CC2)n1. The lowest BCUT2D eigenvalue weighted by Gasteiger charge is -2.33. The summed E-state index contributed by atoms with van der Waals surface area (Å²) in [5, 5.41) is 8.30. The summed E-state index contributed by atoms with van der Waals surface area (Å²) in [4.78, 5) is 13.2. The van der Waals surface area contributed by atoms with Crippen LogP contribution in [0.2, 0.25) is 0 Å². The fraction of sp³-hybridized carbons (Fsp3) is 0.600. The molecule has 3 heterocycles. The van der Waals surface area contributed by atoms with Crippen molar-refractivity contribution < 1.29 is 9.15 Å². The molecule has 0 N–H and O–H groups in total. The number of anilines is 1. The highest BCUT2D eigenvalue weighted by molar-refractivity contribution is 5.32. The Morgan fingerprint density at radius 3 is 2.78 bits per heavy atom. The number of hydrogen-bond donors (Lipinski definition) is 0. The molecule has 0 amide bonds. The summed E-state index contributed by atoms with van der Waals surface area (Å²) >= 11 is 0. The van der Waals surface area contributed by atoms with Gasteiger partial charge >= 0.3 is 0 Å². The van der Waals surface area contributed by atoms with E-state index in [0.29, 0.717) is 18.3 Å². The van der Waals surface area contributed by atoms with E-state index in [-0.39, 0.29) is 0 Å². The average Bonchev–Trinajstić information content (AvgIpc) is 3.35. The third kappa shape index (κ3) is 3.26. The monoisotopic (exact) mass is 316 g/mol. The van der Waals surface area contributed by atoms with Gasteiger partial charge in [0.25, 0.3) is 0 Å². The Hall–Kier alpha value is -2.22. The second-order valence-corrected chi connectivity index (χ2v) is 5.97. The van der Waals surface area contributed by atoms with Gasteiger partial charge in [0.15, 0.2) is 0 Å². The number of rotatable bonds is 5. The van der Waals surface area contributed by atoms with E-state index in [1.807, 2.05) is 0 Å². The predicted octanol–water partition coefficient (Wildman–Crippen LogP) is 1.07. The van der Waals surface area contributed by atoms with Gasteiger partial charge in [-0.15, -0.1) is 10.2 Å². The van der Waals surface area contributed by atoms with Gasteiger partial charge in [-0.2, -0.15) is 4.98 Å². The van der Waals surface area contributed by atoms with Crippen LogP contribution in [0.25, 0.3) is 0 Å². The number of ether oxygens (including phenoxy) is 1. The van der Waals surface area contributed by atoms with Crippen LogP contribution in [0.4, 0.5) is 5.95 Å². The van der Waals surface area contributed by atoms with E-state index in [4.69, 9.17) is 9.15 Å². The van der Waals surface area contributed by atoms with E-state index in [2.05, 4.69) is 30.0 Å². The smallest absolute Gasteiger partial charge is 0.230 e. The third-order valence-electron chi connectivity index (χ3n) is 4.25. The Morgan fingerprint density at radius 1 is 1.22 bits per heavy atom. The van der Waals surface area contributed by atoms with Gasteiger partial charge in [0.1, 0.15) is 0 Å². The maximum atomic E-state index is 5.73. The molecule has 23 heavy (non-hydrogen) atoms. The first-order valence-corrected chi connectivity index (χ1v) is 7.98. The Labute approximate surface area is 134 Å². The molecule has 8 heteroatoms. The summed E-state index contributed by atoms with van der Waals surface area (Å²) in [6, 6.07) is 1.76. The Morgan fingerprint density at radius 2 is 2.04 bits per heavy atom. The van der Waals surface area contributed by atoms with Gasteiger partial charge in [-0.3, -0.25) is 4.90 Å². The quantitative estimate of drug-likeness (QED) is 0.810. The summed E-state index contributed by atoms with van der Waals surface area (Å²) in [7, 11) is 1.62. The van der Waals surface area contributed by atoms with Gasteiger partial charge in [0.05, 0.1) is 13.7 Å². The number of hydrogen-bond acceptors (Lipinski definition) is 8.